The summed E-state index contributed by atoms with van der Waals surface area (Å²) in [5.41, 5.74) is 0.653. The van der Waals surface area contributed by atoms with Crippen molar-refractivity contribution in [1.29, 1.82) is 0 Å². The predicted octanol–water partition coefficient (Wildman–Crippen LogP) is 2.09. The Balaban J connectivity index is 2.06. The van der Waals surface area contributed by atoms with Gasteiger partial charge in [0.05, 0.1) is 19.6 Å². The molecular weight excluding hydrogens is 330 g/mol. The Labute approximate surface area is 139 Å². The van der Waals surface area contributed by atoms with E-state index < -0.39 is 16.1 Å². The second-order valence-corrected chi connectivity index (χ2v) is 6.77. The molecule has 3 rings (SSSR count). The van der Waals surface area contributed by atoms with Crippen LogP contribution >= 0.6 is 0 Å². The van der Waals surface area contributed by atoms with Gasteiger partial charge in [0.25, 0.3) is 10.0 Å². The van der Waals surface area contributed by atoms with Crippen molar-refractivity contribution in [2.75, 3.05) is 7.11 Å². The van der Waals surface area contributed by atoms with Gasteiger partial charge in [-0.1, -0.05) is 18.2 Å². The van der Waals surface area contributed by atoms with Crippen LogP contribution in [0.25, 0.3) is 0 Å². The Hall–Kier alpha value is -2.58. The molecule has 0 aliphatic heterocycles. The van der Waals surface area contributed by atoms with Crippen molar-refractivity contribution in [3.63, 3.8) is 0 Å². The molecule has 126 valence electrons. The van der Waals surface area contributed by atoms with Gasteiger partial charge in [-0.2, -0.15) is 9.82 Å². The monoisotopic (exact) mass is 347 g/mol. The van der Waals surface area contributed by atoms with Crippen molar-refractivity contribution in [3.8, 4) is 5.75 Å². The number of sulfonamides is 1. The third-order valence-electron chi connectivity index (χ3n) is 3.60. The lowest BCUT2D eigenvalue weighted by Gasteiger charge is -2.19. The minimum Gasteiger partial charge on any atom is -0.496 e. The van der Waals surface area contributed by atoms with Crippen molar-refractivity contribution in [2.45, 2.75) is 11.1 Å². The molecule has 3 aromatic rings. The minimum atomic E-state index is -3.81. The van der Waals surface area contributed by atoms with E-state index in [1.807, 2.05) is 12.1 Å². The number of hydrogen-bond donors (Lipinski definition) is 1. The maximum atomic E-state index is 12.7. The zero-order valence-electron chi connectivity index (χ0n) is 13.2. The van der Waals surface area contributed by atoms with Crippen LogP contribution in [0.4, 0.5) is 0 Å². The van der Waals surface area contributed by atoms with E-state index in [0.717, 1.165) is 0 Å². The van der Waals surface area contributed by atoms with Crippen LogP contribution < -0.4 is 9.46 Å². The number of rotatable bonds is 6. The van der Waals surface area contributed by atoms with Crippen molar-refractivity contribution in [2.24, 2.45) is 7.05 Å². The van der Waals surface area contributed by atoms with Crippen LogP contribution in [0.1, 0.15) is 17.4 Å². The molecule has 0 saturated heterocycles. The Bertz CT molecular complexity index is 916. The van der Waals surface area contributed by atoms with E-state index in [0.29, 0.717) is 17.1 Å². The van der Waals surface area contributed by atoms with E-state index >= 15 is 0 Å². The van der Waals surface area contributed by atoms with Gasteiger partial charge in [-0.15, -0.1) is 0 Å². The lowest BCUT2D eigenvalue weighted by molar-refractivity contribution is 0.399. The molecule has 0 bridgehead atoms. The summed E-state index contributed by atoms with van der Waals surface area (Å²) in [4.78, 5) is 0. The van der Waals surface area contributed by atoms with Gasteiger partial charge in [0, 0.05) is 12.6 Å². The summed E-state index contributed by atoms with van der Waals surface area (Å²) in [7, 11) is -0.707. The van der Waals surface area contributed by atoms with Crippen LogP contribution in [0.15, 0.2) is 64.4 Å². The lowest BCUT2D eigenvalue weighted by Crippen LogP contribution is -2.30. The number of nitrogens with one attached hydrogen (secondary N) is 1. The smallest absolute Gasteiger partial charge is 0.258 e. The van der Waals surface area contributed by atoms with Gasteiger partial charge >= 0.3 is 0 Å². The zero-order chi connectivity index (χ0) is 17.2. The molecule has 2 heterocycles. The van der Waals surface area contributed by atoms with Gasteiger partial charge in [-0.05, 0) is 24.3 Å². The molecule has 0 saturated carbocycles. The summed E-state index contributed by atoms with van der Waals surface area (Å²) in [6.07, 6.45) is 2.93. The highest BCUT2D eigenvalue weighted by atomic mass is 32.2. The van der Waals surface area contributed by atoms with Gasteiger partial charge in [-0.25, -0.2) is 8.42 Å². The number of hydrogen-bond acceptors (Lipinski definition) is 5. The van der Waals surface area contributed by atoms with E-state index in [1.54, 1.807) is 31.3 Å². The molecule has 1 atom stereocenters. The molecule has 8 heteroatoms. The van der Waals surface area contributed by atoms with Gasteiger partial charge in [0.1, 0.15) is 17.6 Å². The molecule has 0 radical (unpaired) electrons. The summed E-state index contributed by atoms with van der Waals surface area (Å²) >= 11 is 0. The van der Waals surface area contributed by atoms with Crippen LogP contribution in [0, 0.1) is 0 Å². The number of ether oxygens (including phenoxy) is 1. The lowest BCUT2D eigenvalue weighted by atomic mass is 10.0. The van der Waals surface area contributed by atoms with Crippen LogP contribution in [0.3, 0.4) is 0 Å². The molecular formula is C16H17N3O4S. The second-order valence-electron chi connectivity index (χ2n) is 5.10. The number of nitrogens with zero attached hydrogens (tertiary/aromatic N) is 2. The third-order valence-corrected chi connectivity index (χ3v) is 5.10. The van der Waals surface area contributed by atoms with Crippen molar-refractivity contribution < 1.29 is 17.6 Å². The van der Waals surface area contributed by atoms with E-state index in [1.165, 1.54) is 30.3 Å². The van der Waals surface area contributed by atoms with Gasteiger partial charge in [-0.3, -0.25) is 4.68 Å². The molecule has 0 aliphatic rings. The largest absolute Gasteiger partial charge is 0.496 e. The quantitative estimate of drug-likeness (QED) is 0.738. The molecule has 1 aromatic carbocycles. The fraction of sp³-hybridized carbons (Fsp3) is 0.188. The second kappa shape index (κ2) is 6.50. The molecule has 1 unspecified atom stereocenters. The zero-order valence-corrected chi connectivity index (χ0v) is 14.0. The standard InChI is InChI=1S/C16H17N3O4S/c1-19-15(9-10-17-19)24(20,21)18-16(14-8-5-11-23-14)12-6-3-4-7-13(12)22-2/h3-11,16,18H,1-2H3. The van der Waals surface area contributed by atoms with Crippen LogP contribution in [0.5, 0.6) is 5.75 Å². The summed E-state index contributed by atoms with van der Waals surface area (Å²) in [6.45, 7) is 0. The maximum absolute atomic E-state index is 12.7. The average molecular weight is 347 g/mol. The Morgan fingerprint density at radius 1 is 1.21 bits per heavy atom. The van der Waals surface area contributed by atoms with Crippen molar-refractivity contribution >= 4 is 10.0 Å². The molecule has 1 N–H and O–H groups in total. The van der Waals surface area contributed by atoms with Gasteiger partial charge in [0.2, 0.25) is 0 Å². The fourth-order valence-corrected chi connectivity index (χ4v) is 3.79. The molecule has 7 nitrogen and oxygen atoms in total. The Morgan fingerprint density at radius 3 is 2.62 bits per heavy atom. The third kappa shape index (κ3) is 3.06. The molecule has 0 amide bonds. The van der Waals surface area contributed by atoms with Crippen molar-refractivity contribution in [1.82, 2.24) is 14.5 Å². The summed E-state index contributed by atoms with van der Waals surface area (Å²) in [6, 6.07) is 11.3. The van der Waals surface area contributed by atoms with E-state index in [9.17, 15) is 8.42 Å². The fourth-order valence-electron chi connectivity index (χ4n) is 2.48. The summed E-state index contributed by atoms with van der Waals surface area (Å²) in [5.74, 6) is 1.02. The topological polar surface area (TPSA) is 86.4 Å². The number of aromatic nitrogens is 2. The highest BCUT2D eigenvalue weighted by Crippen LogP contribution is 2.31. The maximum Gasteiger partial charge on any atom is 0.258 e. The number of aryl methyl sites for hydroxylation is 1. The molecule has 2 aromatic heterocycles. The van der Waals surface area contributed by atoms with E-state index in [-0.39, 0.29) is 5.03 Å². The predicted molar refractivity (Wildman–Crippen MR) is 87.1 cm³/mol. The number of methoxy groups -OCH3 is 1. The van der Waals surface area contributed by atoms with Gasteiger partial charge in [0.15, 0.2) is 5.03 Å². The number of para-hydroxylation sites is 1. The Kier molecular flexibility index (Phi) is 4.41. The van der Waals surface area contributed by atoms with Crippen molar-refractivity contribution in [3.05, 3.63) is 66.2 Å². The van der Waals surface area contributed by atoms with Crippen LogP contribution in [-0.4, -0.2) is 25.3 Å². The molecule has 0 spiro atoms. The average Bonchev–Trinajstić information content (AvgIpc) is 3.24. The first-order valence-electron chi connectivity index (χ1n) is 7.19. The highest BCUT2D eigenvalue weighted by Gasteiger charge is 2.28. The molecule has 24 heavy (non-hydrogen) atoms. The number of benzene rings is 1. The van der Waals surface area contributed by atoms with E-state index in [4.69, 9.17) is 9.15 Å². The van der Waals surface area contributed by atoms with Crippen LogP contribution in [-0.2, 0) is 17.1 Å². The molecule has 0 aliphatic carbocycles. The van der Waals surface area contributed by atoms with Crippen LogP contribution in [0.2, 0.25) is 0 Å². The first-order valence-corrected chi connectivity index (χ1v) is 8.68. The van der Waals surface area contributed by atoms with E-state index in [2.05, 4.69) is 9.82 Å². The normalized spacial score (nSPS) is 12.9. The summed E-state index contributed by atoms with van der Waals surface area (Å²) in [5, 5.41) is 3.97. The van der Waals surface area contributed by atoms with Gasteiger partial charge < -0.3 is 9.15 Å². The highest BCUT2D eigenvalue weighted by molar-refractivity contribution is 7.89. The SMILES string of the molecule is COc1ccccc1C(NS(=O)(=O)c1ccnn1C)c1ccco1. The molecule has 0 fully saturated rings. The number of furan rings is 1. The minimum absolute atomic E-state index is 0.0638. The summed E-state index contributed by atoms with van der Waals surface area (Å²) < 4.78 is 40.2. The Morgan fingerprint density at radius 2 is 2.00 bits per heavy atom. The first-order chi connectivity index (χ1) is 11.5. The first kappa shape index (κ1) is 16.3.